The van der Waals surface area contributed by atoms with Gasteiger partial charge in [-0.3, -0.25) is 38.2 Å². The number of morpholine rings is 1. The van der Waals surface area contributed by atoms with E-state index in [2.05, 4.69) is 40.2 Å². The number of aliphatic imine (C=N–C) groups is 1. The van der Waals surface area contributed by atoms with Crippen LogP contribution in [0.4, 0.5) is 0 Å². The standard InChI is InChI=1S/C32H34N4O6.C28H21N5O4S.C28H24N2O5.C16H21NO3/c1-39-28-17-22-16-23(20-37)34-31(26(22)19-29(28)40-2)21-6-8-33-30(18-21)36-9-7-24-25(32(36)38)4-3-5-27(24)42-15-12-35-10-13-41-14-11-35;1-36-23-11-17-10-18(15-34)32-26(21(17)13-24(23)37-2)16-6-7-29-25(12-16)33-28(35)20-5-3-4-19(22(20)14-31-33)27-30-8-9-38-27;1-34-24-12-19-11-20(15-31)23(16-32)27(22(19)14-25(24)35-2)18-7-9-29-26(13-18)30-10-8-17-5-3-4-6-21(17)28(30)33;1-19-14-7-6-11(12-9-16(18)17-10-12)8-15(14)20-13-4-2-3-5-13/h3-9,17-19,23,37H,10-16,20H2,1-2H3;3-14,34H,15H2,1-2H3;3-14,31-32H,15-16H2,1-2H3;6-8,12-13H,2-5,9-10H2,1H3,(H,17,18)/t23-;;;/m0.../s1. The molecule has 31 heteroatoms. The number of fused-ring (bicyclic) bond motifs is 6. The Balaban J connectivity index is 0.000000128. The summed E-state index contributed by atoms with van der Waals surface area (Å²) >= 11 is 1.50. The van der Waals surface area contributed by atoms with Gasteiger partial charge in [-0.25, -0.2) is 24.9 Å². The maximum Gasteiger partial charge on any atom is 0.280 e. The number of rotatable bonds is 25. The first-order chi connectivity index (χ1) is 66.0. The summed E-state index contributed by atoms with van der Waals surface area (Å²) in [4.78, 5) is 81.4. The Morgan fingerprint density at radius 3 is 1.81 bits per heavy atom. The van der Waals surface area contributed by atoms with Gasteiger partial charge in [0.1, 0.15) is 29.0 Å². The van der Waals surface area contributed by atoms with E-state index in [1.54, 1.807) is 130 Å². The number of aliphatic hydroxyl groups is 4. The predicted octanol–water partition coefficient (Wildman–Crippen LogP) is 14.3. The topological polar surface area (TPSA) is 361 Å². The zero-order chi connectivity index (χ0) is 93.8. The molecule has 2 atom stereocenters. The Hall–Kier alpha value is -14.8. The number of aliphatic hydroxyl groups excluding tert-OH is 4. The van der Waals surface area contributed by atoms with Gasteiger partial charge < -0.3 is 73.1 Å². The van der Waals surface area contributed by atoms with Crippen LogP contribution in [0.15, 0.2) is 244 Å². The molecule has 2 saturated heterocycles. The lowest BCUT2D eigenvalue weighted by Gasteiger charge is -2.26. The molecule has 1 amide bonds. The Bertz CT molecular complexity index is 7300. The highest BCUT2D eigenvalue weighted by atomic mass is 32.1. The van der Waals surface area contributed by atoms with Gasteiger partial charge in [-0.2, -0.15) is 9.78 Å². The molecular formula is C104H100N12O18S. The van der Waals surface area contributed by atoms with Gasteiger partial charge in [-0.05, 0) is 220 Å². The molecule has 690 valence electrons. The van der Waals surface area contributed by atoms with Crippen molar-refractivity contribution in [2.45, 2.75) is 76.4 Å². The minimum atomic E-state index is -0.299. The normalized spacial score (nSPS) is 14.7. The van der Waals surface area contributed by atoms with Crippen molar-refractivity contribution in [3.05, 3.63) is 295 Å². The number of methoxy groups -OCH3 is 7. The van der Waals surface area contributed by atoms with E-state index in [9.17, 15) is 39.6 Å². The number of nitrogens with one attached hydrogen (secondary N) is 1. The van der Waals surface area contributed by atoms with E-state index < -0.39 is 0 Å². The van der Waals surface area contributed by atoms with Crippen molar-refractivity contribution in [2.24, 2.45) is 4.99 Å². The van der Waals surface area contributed by atoms with Crippen LogP contribution in [0.1, 0.15) is 77.1 Å². The number of nitrogens with zero attached hydrogens (tertiary/aromatic N) is 11. The summed E-state index contributed by atoms with van der Waals surface area (Å²) in [6.07, 6.45) is 17.9. The molecule has 4 aliphatic rings. The molecule has 0 bridgehead atoms. The third-order valence-corrected chi connectivity index (χ3v) is 25.4. The Labute approximate surface area is 779 Å². The number of carbonyl (C=O) groups is 1. The fraction of sp³-hybridized carbons (Fsp3) is 0.260. The fourth-order valence-corrected chi connectivity index (χ4v) is 18.4. The van der Waals surface area contributed by atoms with E-state index in [-0.39, 0.29) is 61.0 Å². The molecule has 1 aliphatic carbocycles. The molecule has 0 radical (unpaired) electrons. The molecule has 3 fully saturated rings. The lowest BCUT2D eigenvalue weighted by molar-refractivity contribution is -0.119. The molecule has 16 aromatic rings. The minimum absolute atomic E-state index is 0.0871. The highest BCUT2D eigenvalue weighted by Crippen LogP contribution is 2.44. The zero-order valence-corrected chi connectivity index (χ0v) is 76.3. The van der Waals surface area contributed by atoms with Gasteiger partial charge in [-0.15, -0.1) is 11.3 Å². The highest BCUT2D eigenvalue weighted by molar-refractivity contribution is 7.13. The molecular weight excluding hydrogens is 1740 g/mol. The average molecular weight is 1840 g/mol. The molecule has 11 heterocycles. The van der Waals surface area contributed by atoms with Gasteiger partial charge in [0.25, 0.3) is 16.7 Å². The lowest BCUT2D eigenvalue weighted by atomic mass is 9.90. The lowest BCUT2D eigenvalue weighted by Crippen LogP contribution is -2.38. The summed E-state index contributed by atoms with van der Waals surface area (Å²) in [6.45, 7) is 4.50. The molecule has 8 aromatic carbocycles. The number of hydrogen-bond donors (Lipinski definition) is 5. The number of carbonyl (C=O) groups excluding carboxylic acids is 1. The zero-order valence-electron chi connectivity index (χ0n) is 75.4. The second-order valence-corrected chi connectivity index (χ2v) is 33.4. The van der Waals surface area contributed by atoms with Crippen LogP contribution in [0.25, 0.3) is 104 Å². The summed E-state index contributed by atoms with van der Waals surface area (Å²) in [5.41, 5.74) is 9.18. The van der Waals surface area contributed by atoms with Crippen LogP contribution < -0.4 is 64.6 Å². The Morgan fingerprint density at radius 2 is 1.13 bits per heavy atom. The minimum Gasteiger partial charge on any atom is -0.493 e. The monoisotopic (exact) mass is 1840 g/mol. The smallest absolute Gasteiger partial charge is 0.280 e. The van der Waals surface area contributed by atoms with Gasteiger partial charge in [-0.1, -0.05) is 42.5 Å². The third kappa shape index (κ3) is 19.6. The molecule has 0 spiro atoms. The number of ether oxygens (including phenoxy) is 10. The second kappa shape index (κ2) is 42.0. The number of aromatic nitrogens is 9. The third-order valence-electron chi connectivity index (χ3n) is 24.6. The number of amides is 1. The molecule has 5 N–H and O–H groups in total. The summed E-state index contributed by atoms with van der Waals surface area (Å²) in [6, 6.07) is 53.7. The first kappa shape index (κ1) is 92.0. The molecule has 3 aliphatic heterocycles. The van der Waals surface area contributed by atoms with Crippen molar-refractivity contribution < 1.29 is 72.6 Å². The van der Waals surface area contributed by atoms with Crippen molar-refractivity contribution >= 4 is 76.8 Å². The summed E-state index contributed by atoms with van der Waals surface area (Å²) < 4.78 is 60.3. The van der Waals surface area contributed by atoms with Gasteiger partial charge in [0.15, 0.2) is 51.8 Å². The van der Waals surface area contributed by atoms with Crippen LogP contribution in [-0.2, 0) is 35.8 Å². The molecule has 30 nitrogen and oxygen atoms in total. The quantitative estimate of drug-likeness (QED) is 0.0355. The first-order valence-corrected chi connectivity index (χ1v) is 45.1. The van der Waals surface area contributed by atoms with Crippen molar-refractivity contribution in [1.29, 1.82) is 0 Å². The number of benzene rings is 8. The van der Waals surface area contributed by atoms with Crippen LogP contribution in [0.3, 0.4) is 0 Å². The molecule has 1 unspecified atom stereocenters. The van der Waals surface area contributed by atoms with Crippen LogP contribution in [-0.4, -0.2) is 195 Å². The maximum absolute atomic E-state index is 13.7. The van der Waals surface area contributed by atoms with Gasteiger partial charge >= 0.3 is 0 Å². The number of hydrogen-bond acceptors (Lipinski definition) is 27. The summed E-state index contributed by atoms with van der Waals surface area (Å²) in [5, 5.41) is 57.5. The highest BCUT2D eigenvalue weighted by Gasteiger charge is 2.30. The van der Waals surface area contributed by atoms with E-state index in [1.807, 2.05) is 145 Å². The van der Waals surface area contributed by atoms with Crippen LogP contribution >= 0.6 is 11.3 Å². The molecule has 1 saturated carbocycles. The van der Waals surface area contributed by atoms with E-state index in [4.69, 9.17) is 52.4 Å². The maximum atomic E-state index is 13.7. The van der Waals surface area contributed by atoms with Crippen LogP contribution in [0.2, 0.25) is 0 Å². The van der Waals surface area contributed by atoms with E-state index in [1.165, 1.54) is 38.0 Å². The summed E-state index contributed by atoms with van der Waals surface area (Å²) in [5.74, 6) is 7.35. The van der Waals surface area contributed by atoms with Gasteiger partial charge in [0, 0.05) is 125 Å². The van der Waals surface area contributed by atoms with E-state index in [0.717, 1.165) is 139 Å². The fourth-order valence-electron chi connectivity index (χ4n) is 17.7. The predicted molar refractivity (Wildman–Crippen MR) is 517 cm³/mol. The van der Waals surface area contributed by atoms with Crippen LogP contribution in [0, 0.1) is 0 Å². The average Bonchev–Trinajstić information content (AvgIpc) is 1.47. The van der Waals surface area contributed by atoms with Gasteiger partial charge in [0.05, 0.1) is 136 Å². The Morgan fingerprint density at radius 1 is 0.496 bits per heavy atom. The SMILES string of the molecule is COc1cc2c(cc1OC)C(c1ccnc(-n3ccc4c(OCCN5CCOCC5)cccc4c3=O)c1)=N[C@H](CO)C2.COc1cc2cc(CO)c(CO)c(-c3ccnc(-n4ccc5ccccc5c4=O)c3)c2cc1OC.COc1cc2cc(CO)nc(-c3ccnc(-n4ncc5c(-c6nccs6)cccc5c4=O)c3)c2cc1OC.COc1ccc(C2CNC(=O)C2)cc1OC1CCCC1. The molecule has 135 heavy (non-hydrogen) atoms. The first-order valence-electron chi connectivity index (χ1n) is 44.2. The van der Waals surface area contributed by atoms with Crippen LogP contribution in [0.5, 0.6) is 51.7 Å². The van der Waals surface area contributed by atoms with Gasteiger partial charge in [0.2, 0.25) is 5.91 Å². The van der Waals surface area contributed by atoms with Crippen molar-refractivity contribution in [3.8, 4) is 102 Å². The molecule has 20 rings (SSSR count). The molecule has 8 aromatic heterocycles. The summed E-state index contributed by atoms with van der Waals surface area (Å²) in [7, 11) is 11.1. The van der Waals surface area contributed by atoms with Crippen molar-refractivity contribution in [1.82, 2.24) is 54.1 Å². The number of pyridine rings is 6. The van der Waals surface area contributed by atoms with E-state index >= 15 is 0 Å². The van der Waals surface area contributed by atoms with Crippen molar-refractivity contribution in [3.63, 3.8) is 0 Å². The van der Waals surface area contributed by atoms with Crippen molar-refractivity contribution in [2.75, 3.05) is 102 Å². The van der Waals surface area contributed by atoms with E-state index in [0.29, 0.717) is 140 Å². The second-order valence-electron chi connectivity index (χ2n) is 32.5. The Kier molecular flexibility index (Phi) is 28.6. The number of thiazole rings is 1. The largest absolute Gasteiger partial charge is 0.493 e.